The lowest BCUT2D eigenvalue weighted by molar-refractivity contribution is -0.384. The maximum atomic E-state index is 12.8. The molecule has 2 heterocycles. The van der Waals surface area contributed by atoms with E-state index in [0.717, 1.165) is 20.9 Å². The third-order valence-corrected chi connectivity index (χ3v) is 6.13. The van der Waals surface area contributed by atoms with Gasteiger partial charge in [0, 0.05) is 27.6 Å². The number of aromatic nitrogens is 1. The van der Waals surface area contributed by atoms with E-state index in [4.69, 9.17) is 0 Å². The number of nitro groups is 1. The Hall–Kier alpha value is -2.92. The Kier molecular flexibility index (Phi) is 5.73. The summed E-state index contributed by atoms with van der Waals surface area (Å²) >= 11 is 3.09. The molecule has 0 saturated carbocycles. The molecule has 1 aliphatic rings. The molecular weight excluding hydrogens is 517 g/mol. The zero-order valence-corrected chi connectivity index (χ0v) is 18.4. The van der Waals surface area contributed by atoms with Crippen molar-refractivity contribution in [3.8, 4) is 5.69 Å². The molecule has 1 fully saturated rings. The summed E-state index contributed by atoms with van der Waals surface area (Å²) in [6.07, 6.45) is 3.39. The van der Waals surface area contributed by atoms with Crippen LogP contribution in [-0.2, 0) is 11.3 Å². The predicted molar refractivity (Wildman–Crippen MR) is 123 cm³/mol. The number of nitro benzene ring substituents is 1. The first-order chi connectivity index (χ1) is 14.4. The van der Waals surface area contributed by atoms with Gasteiger partial charge in [0.2, 0.25) is 0 Å². The number of amides is 2. The van der Waals surface area contributed by atoms with Crippen LogP contribution < -0.4 is 0 Å². The minimum Gasteiger partial charge on any atom is -0.317 e. The van der Waals surface area contributed by atoms with Gasteiger partial charge in [-0.05, 0) is 76.3 Å². The molecule has 1 saturated heterocycles. The van der Waals surface area contributed by atoms with Gasteiger partial charge >= 0.3 is 0 Å². The van der Waals surface area contributed by atoms with Crippen molar-refractivity contribution in [1.29, 1.82) is 0 Å². The summed E-state index contributed by atoms with van der Waals surface area (Å²) in [6.45, 7) is 0.213. The molecule has 0 atom stereocenters. The SMILES string of the molecule is O=C1S/C(=C\c2cccn2-c2cccc([N+](=O)[O-])c2)C(=O)N1Cc1ccc(I)cc1. The van der Waals surface area contributed by atoms with E-state index < -0.39 is 4.92 Å². The van der Waals surface area contributed by atoms with Crippen LogP contribution in [0.25, 0.3) is 11.8 Å². The van der Waals surface area contributed by atoms with Crippen LogP contribution in [0.3, 0.4) is 0 Å². The first kappa shape index (κ1) is 20.4. The molecule has 0 bridgehead atoms. The summed E-state index contributed by atoms with van der Waals surface area (Å²) < 4.78 is 2.81. The number of nitrogens with zero attached hydrogens (tertiary/aromatic N) is 3. The number of hydrogen-bond donors (Lipinski definition) is 0. The predicted octanol–water partition coefficient (Wildman–Crippen LogP) is 5.23. The maximum absolute atomic E-state index is 12.8. The molecule has 3 aromatic rings. The Morgan fingerprint density at radius 1 is 1.07 bits per heavy atom. The second-order valence-electron chi connectivity index (χ2n) is 6.47. The van der Waals surface area contributed by atoms with Crippen molar-refractivity contribution in [3.63, 3.8) is 0 Å². The Morgan fingerprint density at radius 2 is 1.83 bits per heavy atom. The second kappa shape index (κ2) is 8.44. The molecule has 9 heteroatoms. The largest absolute Gasteiger partial charge is 0.317 e. The average Bonchev–Trinajstić information content (AvgIpc) is 3.30. The summed E-state index contributed by atoms with van der Waals surface area (Å²) in [5.74, 6) is -0.352. The summed E-state index contributed by atoms with van der Waals surface area (Å²) in [5, 5.41) is 10.7. The number of benzene rings is 2. The first-order valence-electron chi connectivity index (χ1n) is 8.84. The van der Waals surface area contributed by atoms with Crippen molar-refractivity contribution in [2.75, 3.05) is 0 Å². The van der Waals surface area contributed by atoms with Gasteiger partial charge in [-0.2, -0.15) is 0 Å². The Labute approximate surface area is 189 Å². The van der Waals surface area contributed by atoms with Crippen LogP contribution in [0.2, 0.25) is 0 Å². The number of hydrogen-bond acceptors (Lipinski definition) is 5. The Balaban J connectivity index is 1.60. The second-order valence-corrected chi connectivity index (χ2v) is 8.71. The normalized spacial score (nSPS) is 15.2. The fourth-order valence-corrected chi connectivity index (χ4v) is 4.23. The quantitative estimate of drug-likeness (QED) is 0.195. The van der Waals surface area contributed by atoms with Crippen LogP contribution in [-0.4, -0.2) is 25.5 Å². The molecule has 1 aliphatic heterocycles. The number of thioether (sulfide) groups is 1. The zero-order chi connectivity index (χ0) is 21.3. The van der Waals surface area contributed by atoms with Gasteiger partial charge in [0.05, 0.1) is 22.1 Å². The van der Waals surface area contributed by atoms with Gasteiger partial charge in [0.25, 0.3) is 16.8 Å². The average molecular weight is 531 g/mol. The van der Waals surface area contributed by atoms with Crippen LogP contribution in [0.4, 0.5) is 10.5 Å². The van der Waals surface area contributed by atoms with Gasteiger partial charge in [0.1, 0.15) is 0 Å². The van der Waals surface area contributed by atoms with Crippen molar-refractivity contribution >= 4 is 57.3 Å². The molecule has 2 amide bonds. The fourth-order valence-electron chi connectivity index (χ4n) is 3.05. The van der Waals surface area contributed by atoms with Crippen LogP contribution in [0.5, 0.6) is 0 Å². The molecule has 0 radical (unpaired) electrons. The van der Waals surface area contributed by atoms with Gasteiger partial charge in [0.15, 0.2) is 0 Å². The highest BCUT2D eigenvalue weighted by Crippen LogP contribution is 2.34. The van der Waals surface area contributed by atoms with Crippen molar-refractivity contribution in [2.45, 2.75) is 6.54 Å². The number of rotatable bonds is 5. The molecular formula is C21H14IN3O4S. The molecule has 0 N–H and O–H groups in total. The highest BCUT2D eigenvalue weighted by atomic mass is 127. The molecule has 4 rings (SSSR count). The van der Waals surface area contributed by atoms with E-state index in [-0.39, 0.29) is 23.4 Å². The number of halogens is 1. The summed E-state index contributed by atoms with van der Waals surface area (Å²) in [7, 11) is 0. The van der Waals surface area contributed by atoms with Crippen molar-refractivity contribution in [2.24, 2.45) is 0 Å². The maximum Gasteiger partial charge on any atom is 0.293 e. The number of non-ortho nitro benzene ring substituents is 1. The van der Waals surface area contributed by atoms with E-state index in [1.165, 1.54) is 17.0 Å². The topological polar surface area (TPSA) is 85.5 Å². The minimum absolute atomic E-state index is 0.0232. The van der Waals surface area contributed by atoms with Gasteiger partial charge < -0.3 is 4.57 Å². The smallest absolute Gasteiger partial charge is 0.293 e. The first-order valence-corrected chi connectivity index (χ1v) is 10.7. The minimum atomic E-state index is -0.456. The van der Waals surface area contributed by atoms with E-state index >= 15 is 0 Å². The van der Waals surface area contributed by atoms with Gasteiger partial charge in [-0.15, -0.1) is 0 Å². The van der Waals surface area contributed by atoms with E-state index in [1.807, 2.05) is 24.3 Å². The molecule has 150 valence electrons. The van der Waals surface area contributed by atoms with Crippen molar-refractivity contribution < 1.29 is 14.5 Å². The molecule has 1 aromatic heterocycles. The summed E-state index contributed by atoms with van der Waals surface area (Å²) in [5.41, 5.74) is 2.10. The monoisotopic (exact) mass is 531 g/mol. The lowest BCUT2D eigenvalue weighted by atomic mass is 10.2. The molecule has 30 heavy (non-hydrogen) atoms. The molecule has 0 aliphatic carbocycles. The lowest BCUT2D eigenvalue weighted by Crippen LogP contribution is -2.27. The fraction of sp³-hybridized carbons (Fsp3) is 0.0476. The highest BCUT2D eigenvalue weighted by Gasteiger charge is 2.35. The Morgan fingerprint density at radius 3 is 2.57 bits per heavy atom. The van der Waals surface area contributed by atoms with Gasteiger partial charge in [-0.3, -0.25) is 24.6 Å². The van der Waals surface area contributed by atoms with Crippen molar-refractivity contribution in [3.05, 3.63) is 96.7 Å². The number of carbonyl (C=O) groups is 2. The van der Waals surface area contributed by atoms with E-state index in [1.54, 1.807) is 41.1 Å². The van der Waals surface area contributed by atoms with E-state index in [0.29, 0.717) is 16.3 Å². The number of imide groups is 1. The Bertz CT molecular complexity index is 1190. The number of carbonyl (C=O) groups excluding carboxylic acids is 2. The third-order valence-electron chi connectivity index (χ3n) is 4.51. The van der Waals surface area contributed by atoms with Gasteiger partial charge in [-0.25, -0.2) is 0 Å². The van der Waals surface area contributed by atoms with Crippen LogP contribution in [0.15, 0.2) is 71.8 Å². The van der Waals surface area contributed by atoms with Gasteiger partial charge in [-0.1, -0.05) is 18.2 Å². The third kappa shape index (κ3) is 4.17. The molecule has 0 unspecified atom stereocenters. The van der Waals surface area contributed by atoms with Crippen LogP contribution in [0.1, 0.15) is 11.3 Å². The summed E-state index contributed by atoms with van der Waals surface area (Å²) in [6, 6.07) is 17.4. The van der Waals surface area contributed by atoms with E-state index in [9.17, 15) is 19.7 Å². The standard InChI is InChI=1S/C21H14IN3O4S/c22-15-8-6-14(7-9-15)13-24-20(26)19(30-21(24)27)12-17-5-2-10-23(17)16-3-1-4-18(11-16)25(28)29/h1-12H,13H2/b19-12-. The highest BCUT2D eigenvalue weighted by molar-refractivity contribution is 14.1. The zero-order valence-electron chi connectivity index (χ0n) is 15.4. The molecule has 2 aromatic carbocycles. The van der Waals surface area contributed by atoms with Crippen LogP contribution >= 0.6 is 34.4 Å². The lowest BCUT2D eigenvalue weighted by Gasteiger charge is -2.12. The summed E-state index contributed by atoms with van der Waals surface area (Å²) in [4.78, 5) is 37.4. The molecule has 7 nitrogen and oxygen atoms in total. The van der Waals surface area contributed by atoms with E-state index in [2.05, 4.69) is 22.6 Å². The van der Waals surface area contributed by atoms with Crippen LogP contribution in [0, 0.1) is 13.7 Å². The molecule has 0 spiro atoms. The van der Waals surface area contributed by atoms with Crippen molar-refractivity contribution in [1.82, 2.24) is 9.47 Å².